The molecule has 2 aromatic heterocycles. The highest BCUT2D eigenvalue weighted by Gasteiger charge is 2.20. The molecule has 0 aliphatic heterocycles. The average Bonchev–Trinajstić information content (AvgIpc) is 2.73. The molecule has 17 heavy (non-hydrogen) atoms. The van der Waals surface area contributed by atoms with Crippen LogP contribution in [0.2, 0.25) is 0 Å². The van der Waals surface area contributed by atoms with Gasteiger partial charge in [-0.1, -0.05) is 15.9 Å². The lowest BCUT2D eigenvalue weighted by Gasteiger charge is -2.07. The second kappa shape index (κ2) is 5.22. The molecule has 2 heterocycles. The Balaban J connectivity index is 2.51. The molecule has 0 aliphatic carbocycles. The maximum atomic E-state index is 13.0. The maximum Gasteiger partial charge on any atom is 0.280 e. The van der Waals surface area contributed by atoms with E-state index < -0.39 is 6.43 Å². The van der Waals surface area contributed by atoms with Gasteiger partial charge < -0.3 is 0 Å². The van der Waals surface area contributed by atoms with E-state index >= 15 is 0 Å². The van der Waals surface area contributed by atoms with Crippen LogP contribution in [0.4, 0.5) is 8.78 Å². The number of aromatic nitrogens is 3. The number of hydrogen-bond acceptors (Lipinski definition) is 2. The van der Waals surface area contributed by atoms with Gasteiger partial charge in [0.1, 0.15) is 5.69 Å². The van der Waals surface area contributed by atoms with Crippen molar-refractivity contribution in [1.29, 1.82) is 0 Å². The quantitative estimate of drug-likeness (QED) is 0.772. The smallest absolute Gasteiger partial charge is 0.236 e. The van der Waals surface area contributed by atoms with Crippen LogP contribution >= 0.6 is 31.9 Å². The third-order valence-corrected chi connectivity index (χ3v) is 3.24. The molecule has 0 amide bonds. The van der Waals surface area contributed by atoms with Gasteiger partial charge in [-0.2, -0.15) is 5.10 Å². The van der Waals surface area contributed by atoms with Gasteiger partial charge in [0.05, 0.1) is 6.20 Å². The van der Waals surface area contributed by atoms with Crippen molar-refractivity contribution < 1.29 is 8.78 Å². The third-order valence-electron chi connectivity index (χ3n) is 2.17. The van der Waals surface area contributed by atoms with Crippen LogP contribution in [0.15, 0.2) is 29.0 Å². The Kier molecular flexibility index (Phi) is 3.88. The van der Waals surface area contributed by atoms with Crippen molar-refractivity contribution in [1.82, 2.24) is 14.8 Å². The Labute approximate surface area is 113 Å². The predicted octanol–water partition coefficient (Wildman–Crippen LogP) is 3.86. The van der Waals surface area contributed by atoms with E-state index in [0.29, 0.717) is 16.7 Å². The fourth-order valence-electron chi connectivity index (χ4n) is 1.40. The molecule has 0 bridgehead atoms. The standard InChI is InChI=1S/C10H7Br2F2N3/c11-3-6-4-16-17(9(6)10(13)14)8-2-1-7(12)5-15-8/h1-2,4-5,10H,3H2. The van der Waals surface area contributed by atoms with Gasteiger partial charge in [0.2, 0.25) is 0 Å². The van der Waals surface area contributed by atoms with Crippen molar-refractivity contribution in [3.8, 4) is 5.82 Å². The molecule has 0 N–H and O–H groups in total. The summed E-state index contributed by atoms with van der Waals surface area (Å²) in [6.07, 6.45) is 0.371. The van der Waals surface area contributed by atoms with E-state index in [1.807, 2.05) is 0 Å². The summed E-state index contributed by atoms with van der Waals surface area (Å²) in [5.41, 5.74) is 0.335. The van der Waals surface area contributed by atoms with Crippen molar-refractivity contribution in [2.75, 3.05) is 0 Å². The zero-order chi connectivity index (χ0) is 12.4. The number of rotatable bonds is 3. The number of alkyl halides is 3. The van der Waals surface area contributed by atoms with Crippen molar-refractivity contribution in [2.24, 2.45) is 0 Å². The van der Waals surface area contributed by atoms with Gasteiger partial charge in [0, 0.05) is 21.6 Å². The van der Waals surface area contributed by atoms with Gasteiger partial charge in [0.25, 0.3) is 6.43 Å². The summed E-state index contributed by atoms with van der Waals surface area (Å²) in [5, 5.41) is 4.27. The van der Waals surface area contributed by atoms with E-state index in [-0.39, 0.29) is 5.69 Å². The van der Waals surface area contributed by atoms with Crippen LogP contribution in [0.1, 0.15) is 17.7 Å². The van der Waals surface area contributed by atoms with Gasteiger partial charge in [-0.15, -0.1) is 0 Å². The van der Waals surface area contributed by atoms with Crippen LogP contribution in [0.5, 0.6) is 0 Å². The summed E-state index contributed by atoms with van der Waals surface area (Å²) < 4.78 is 27.9. The van der Waals surface area contributed by atoms with E-state index in [1.54, 1.807) is 18.3 Å². The Morgan fingerprint density at radius 3 is 2.59 bits per heavy atom. The molecule has 2 rings (SSSR count). The number of hydrogen-bond donors (Lipinski definition) is 0. The first-order valence-electron chi connectivity index (χ1n) is 4.66. The predicted molar refractivity (Wildman–Crippen MR) is 66.6 cm³/mol. The SMILES string of the molecule is FC(F)c1c(CBr)cnn1-c1ccc(Br)cn1. The number of halogens is 4. The lowest BCUT2D eigenvalue weighted by molar-refractivity contribution is 0.142. The van der Waals surface area contributed by atoms with Gasteiger partial charge in [-0.05, 0) is 28.1 Å². The fraction of sp³-hybridized carbons (Fsp3) is 0.200. The molecule has 0 saturated carbocycles. The molecule has 0 spiro atoms. The Bertz CT molecular complexity index is 511. The summed E-state index contributed by atoms with van der Waals surface area (Å²) in [6.45, 7) is 0. The van der Waals surface area contributed by atoms with Crippen LogP contribution < -0.4 is 0 Å². The molecular formula is C10H7Br2F2N3. The summed E-state index contributed by atoms with van der Waals surface area (Å²) >= 11 is 6.40. The average molecular weight is 367 g/mol. The third kappa shape index (κ3) is 2.55. The molecule has 0 saturated heterocycles. The highest BCUT2D eigenvalue weighted by Crippen LogP contribution is 2.26. The van der Waals surface area contributed by atoms with Gasteiger partial charge in [-0.25, -0.2) is 18.4 Å². The first kappa shape index (κ1) is 12.6. The molecular weight excluding hydrogens is 360 g/mol. The summed E-state index contributed by atoms with van der Waals surface area (Å²) in [6, 6.07) is 3.36. The van der Waals surface area contributed by atoms with E-state index in [4.69, 9.17) is 0 Å². The lowest BCUT2D eigenvalue weighted by atomic mass is 10.3. The second-order valence-electron chi connectivity index (χ2n) is 3.24. The molecule has 0 aliphatic rings. The molecule has 0 unspecified atom stereocenters. The Morgan fingerprint density at radius 1 is 1.29 bits per heavy atom. The highest BCUT2D eigenvalue weighted by molar-refractivity contribution is 9.10. The van der Waals surface area contributed by atoms with Gasteiger partial charge in [-0.3, -0.25) is 0 Å². The van der Waals surface area contributed by atoms with Crippen molar-refractivity contribution >= 4 is 31.9 Å². The van der Waals surface area contributed by atoms with E-state index in [2.05, 4.69) is 41.9 Å². The number of nitrogens with zero attached hydrogens (tertiary/aromatic N) is 3. The Hall–Kier alpha value is -0.820. The first-order valence-corrected chi connectivity index (χ1v) is 6.57. The molecule has 90 valence electrons. The van der Waals surface area contributed by atoms with E-state index in [1.165, 1.54) is 6.20 Å². The van der Waals surface area contributed by atoms with Gasteiger partial charge in [0.15, 0.2) is 5.82 Å². The van der Waals surface area contributed by atoms with Crippen LogP contribution in [0, 0.1) is 0 Å². The minimum Gasteiger partial charge on any atom is -0.236 e. The minimum atomic E-state index is -2.59. The summed E-state index contributed by atoms with van der Waals surface area (Å²) in [7, 11) is 0. The zero-order valence-corrected chi connectivity index (χ0v) is 11.6. The largest absolute Gasteiger partial charge is 0.280 e. The van der Waals surface area contributed by atoms with E-state index in [9.17, 15) is 8.78 Å². The Morgan fingerprint density at radius 2 is 2.06 bits per heavy atom. The minimum absolute atomic E-state index is 0.128. The second-order valence-corrected chi connectivity index (χ2v) is 4.71. The monoisotopic (exact) mass is 365 g/mol. The lowest BCUT2D eigenvalue weighted by Crippen LogP contribution is -2.05. The normalized spacial score (nSPS) is 11.1. The van der Waals surface area contributed by atoms with Crippen molar-refractivity contribution in [2.45, 2.75) is 11.8 Å². The van der Waals surface area contributed by atoms with Crippen LogP contribution in [0.25, 0.3) is 5.82 Å². The van der Waals surface area contributed by atoms with Crippen LogP contribution in [-0.2, 0) is 5.33 Å². The summed E-state index contributed by atoms with van der Waals surface area (Å²) in [5.74, 6) is 0.371. The van der Waals surface area contributed by atoms with Gasteiger partial charge >= 0.3 is 0 Å². The molecule has 0 atom stereocenters. The van der Waals surface area contributed by atoms with Crippen molar-refractivity contribution in [3.05, 3.63) is 40.3 Å². The molecule has 0 fully saturated rings. The molecule has 0 aromatic carbocycles. The maximum absolute atomic E-state index is 13.0. The fourth-order valence-corrected chi connectivity index (χ4v) is 2.07. The molecule has 7 heteroatoms. The highest BCUT2D eigenvalue weighted by atomic mass is 79.9. The molecule has 0 radical (unpaired) electrons. The number of pyridine rings is 1. The van der Waals surface area contributed by atoms with Crippen LogP contribution in [-0.4, -0.2) is 14.8 Å². The zero-order valence-electron chi connectivity index (χ0n) is 8.45. The molecule has 2 aromatic rings. The van der Waals surface area contributed by atoms with Crippen LogP contribution in [0.3, 0.4) is 0 Å². The van der Waals surface area contributed by atoms with E-state index in [0.717, 1.165) is 9.15 Å². The molecule has 3 nitrogen and oxygen atoms in total. The summed E-state index contributed by atoms with van der Waals surface area (Å²) in [4.78, 5) is 4.04. The van der Waals surface area contributed by atoms with Crippen molar-refractivity contribution in [3.63, 3.8) is 0 Å². The first-order chi connectivity index (χ1) is 8.13. The topological polar surface area (TPSA) is 30.7 Å².